The molecule has 0 radical (unpaired) electrons. The molecule has 8 nitrogen and oxygen atoms in total. The van der Waals surface area contributed by atoms with Crippen LogP contribution in [0.3, 0.4) is 0 Å². The van der Waals surface area contributed by atoms with Gasteiger partial charge in [0.2, 0.25) is 5.91 Å². The van der Waals surface area contributed by atoms with Crippen molar-refractivity contribution in [2.75, 3.05) is 19.6 Å². The number of ether oxygens (including phenoxy) is 1. The van der Waals surface area contributed by atoms with Gasteiger partial charge in [0.05, 0.1) is 5.84 Å². The lowest BCUT2D eigenvalue weighted by molar-refractivity contribution is -0.123. The Labute approximate surface area is 156 Å². The quantitative estimate of drug-likeness (QED) is 0.292. The van der Waals surface area contributed by atoms with Crippen LogP contribution in [0.4, 0.5) is 4.79 Å². The molecule has 8 heteroatoms. The van der Waals surface area contributed by atoms with Crippen LogP contribution in [-0.2, 0) is 9.53 Å². The number of hydrogen-bond acceptors (Lipinski definition) is 5. The third-order valence-electron chi connectivity index (χ3n) is 3.95. The molecule has 1 unspecified atom stereocenters. The highest BCUT2D eigenvalue weighted by molar-refractivity contribution is 5.85. The standard InChI is InChI=1S/C18H35N5O3/c1-13(19)20-11-7-9-15(23-17(25)26-18(2,3)4)16(24)22-12-14-8-5-6-10-21-14/h14-15,21H,5-12H2,1-4H3,(H2,19,20)(H,22,24)(H,23,25)/t14?,15-/m0/s1. The molecule has 0 bridgehead atoms. The first-order valence-corrected chi connectivity index (χ1v) is 9.44. The smallest absolute Gasteiger partial charge is 0.408 e. The summed E-state index contributed by atoms with van der Waals surface area (Å²) in [6.07, 6.45) is 3.92. The minimum absolute atomic E-state index is 0.198. The summed E-state index contributed by atoms with van der Waals surface area (Å²) in [5.41, 5.74) is 4.91. The monoisotopic (exact) mass is 369 g/mol. The second-order valence-corrected chi connectivity index (χ2v) is 7.76. The lowest BCUT2D eigenvalue weighted by Crippen LogP contribution is -2.51. The number of nitrogens with two attached hydrogens (primary N) is 1. The maximum absolute atomic E-state index is 12.5. The molecule has 0 aromatic heterocycles. The Morgan fingerprint density at radius 1 is 1.35 bits per heavy atom. The van der Waals surface area contributed by atoms with E-state index in [4.69, 9.17) is 10.5 Å². The van der Waals surface area contributed by atoms with Crippen LogP contribution in [0, 0.1) is 0 Å². The van der Waals surface area contributed by atoms with E-state index < -0.39 is 17.7 Å². The van der Waals surface area contributed by atoms with Crippen molar-refractivity contribution >= 4 is 17.8 Å². The van der Waals surface area contributed by atoms with E-state index in [0.29, 0.717) is 37.8 Å². The molecule has 0 saturated carbocycles. The molecule has 0 aliphatic carbocycles. The van der Waals surface area contributed by atoms with Gasteiger partial charge < -0.3 is 26.4 Å². The fraction of sp³-hybridized carbons (Fsp3) is 0.833. The molecule has 1 aliphatic rings. The van der Waals surface area contributed by atoms with Gasteiger partial charge in [0.1, 0.15) is 11.6 Å². The summed E-state index contributed by atoms with van der Waals surface area (Å²) in [6.45, 7) is 9.15. The van der Waals surface area contributed by atoms with Gasteiger partial charge in [-0.25, -0.2) is 4.79 Å². The number of rotatable bonds is 8. The van der Waals surface area contributed by atoms with Crippen molar-refractivity contribution in [3.05, 3.63) is 0 Å². The van der Waals surface area contributed by atoms with Gasteiger partial charge >= 0.3 is 6.09 Å². The van der Waals surface area contributed by atoms with Crippen molar-refractivity contribution in [1.82, 2.24) is 16.0 Å². The highest BCUT2D eigenvalue weighted by Crippen LogP contribution is 2.09. The summed E-state index contributed by atoms with van der Waals surface area (Å²) >= 11 is 0. The van der Waals surface area contributed by atoms with Crippen LogP contribution in [0.1, 0.15) is 59.8 Å². The Bertz CT molecular complexity index is 478. The van der Waals surface area contributed by atoms with Crippen molar-refractivity contribution in [1.29, 1.82) is 0 Å². The number of nitrogens with one attached hydrogen (secondary N) is 3. The third kappa shape index (κ3) is 10.2. The summed E-state index contributed by atoms with van der Waals surface area (Å²) in [5, 5.41) is 9.01. The van der Waals surface area contributed by atoms with Crippen LogP contribution < -0.4 is 21.7 Å². The van der Waals surface area contributed by atoms with E-state index in [2.05, 4.69) is 20.9 Å². The zero-order valence-corrected chi connectivity index (χ0v) is 16.6. The van der Waals surface area contributed by atoms with Gasteiger partial charge in [0.25, 0.3) is 0 Å². The highest BCUT2D eigenvalue weighted by Gasteiger charge is 2.24. The largest absolute Gasteiger partial charge is 0.444 e. The predicted molar refractivity (Wildman–Crippen MR) is 103 cm³/mol. The topological polar surface area (TPSA) is 118 Å². The maximum atomic E-state index is 12.5. The zero-order valence-electron chi connectivity index (χ0n) is 16.6. The first kappa shape index (κ1) is 22.2. The zero-order chi connectivity index (χ0) is 19.6. The molecule has 1 fully saturated rings. The van der Waals surface area contributed by atoms with E-state index in [0.717, 1.165) is 13.0 Å². The van der Waals surface area contributed by atoms with Crippen molar-refractivity contribution < 1.29 is 14.3 Å². The lowest BCUT2D eigenvalue weighted by Gasteiger charge is -2.26. The Kier molecular flexibility index (Phi) is 9.40. The van der Waals surface area contributed by atoms with E-state index in [1.807, 2.05) is 0 Å². The number of carbonyl (C=O) groups excluding carboxylic acids is 2. The Morgan fingerprint density at radius 2 is 2.08 bits per heavy atom. The summed E-state index contributed by atoms with van der Waals surface area (Å²) in [4.78, 5) is 28.7. The normalized spacial score (nSPS) is 19.5. The molecule has 0 aromatic carbocycles. The number of aliphatic imine (C=N–C) groups is 1. The Balaban J connectivity index is 2.54. The second-order valence-electron chi connectivity index (χ2n) is 7.76. The molecule has 1 rings (SSSR count). The predicted octanol–water partition coefficient (Wildman–Crippen LogP) is 1.30. The molecule has 150 valence electrons. The van der Waals surface area contributed by atoms with E-state index in [1.165, 1.54) is 12.8 Å². The third-order valence-corrected chi connectivity index (χ3v) is 3.95. The number of amides is 2. The van der Waals surface area contributed by atoms with Gasteiger partial charge in [-0.1, -0.05) is 6.42 Å². The van der Waals surface area contributed by atoms with Crippen LogP contribution in [-0.4, -0.2) is 55.2 Å². The lowest BCUT2D eigenvalue weighted by atomic mass is 10.0. The van der Waals surface area contributed by atoms with Crippen LogP contribution in [0.2, 0.25) is 0 Å². The van der Waals surface area contributed by atoms with Crippen LogP contribution >= 0.6 is 0 Å². The summed E-state index contributed by atoms with van der Waals surface area (Å²) in [6, 6.07) is -0.360. The average molecular weight is 370 g/mol. The minimum atomic E-state index is -0.651. The number of hydrogen-bond donors (Lipinski definition) is 4. The van der Waals surface area contributed by atoms with Gasteiger partial charge in [0, 0.05) is 19.1 Å². The fourth-order valence-electron chi connectivity index (χ4n) is 2.71. The Morgan fingerprint density at radius 3 is 2.65 bits per heavy atom. The van der Waals surface area contributed by atoms with Gasteiger partial charge in [-0.3, -0.25) is 9.79 Å². The SMILES string of the molecule is CC(N)=NCCC[C@H](NC(=O)OC(C)(C)C)C(=O)NCC1CCCCN1. The van der Waals surface area contributed by atoms with Crippen LogP contribution in [0.15, 0.2) is 4.99 Å². The van der Waals surface area contributed by atoms with Gasteiger partial charge in [-0.05, 0) is 59.9 Å². The molecular formula is C18H35N5O3. The molecule has 0 aromatic rings. The molecule has 2 amide bonds. The van der Waals surface area contributed by atoms with E-state index in [-0.39, 0.29) is 5.91 Å². The second kappa shape index (κ2) is 11.0. The number of carbonyl (C=O) groups is 2. The van der Waals surface area contributed by atoms with Crippen LogP contribution in [0.25, 0.3) is 0 Å². The van der Waals surface area contributed by atoms with E-state index in [9.17, 15) is 9.59 Å². The highest BCUT2D eigenvalue weighted by atomic mass is 16.6. The maximum Gasteiger partial charge on any atom is 0.408 e. The molecule has 1 saturated heterocycles. The number of piperidine rings is 1. The van der Waals surface area contributed by atoms with E-state index in [1.54, 1.807) is 27.7 Å². The first-order chi connectivity index (χ1) is 12.2. The molecule has 2 atom stereocenters. The van der Waals surface area contributed by atoms with Gasteiger partial charge in [0.15, 0.2) is 0 Å². The molecule has 0 spiro atoms. The summed E-state index contributed by atoms with van der Waals surface area (Å²) in [5.74, 6) is 0.311. The molecular weight excluding hydrogens is 334 g/mol. The first-order valence-electron chi connectivity index (χ1n) is 9.44. The molecule has 5 N–H and O–H groups in total. The number of nitrogens with zero attached hydrogens (tertiary/aromatic N) is 1. The van der Waals surface area contributed by atoms with Crippen molar-refractivity contribution in [2.45, 2.75) is 77.5 Å². The summed E-state index contributed by atoms with van der Waals surface area (Å²) < 4.78 is 5.27. The number of amidine groups is 1. The van der Waals surface area contributed by atoms with Gasteiger partial charge in [-0.2, -0.15) is 0 Å². The van der Waals surface area contributed by atoms with Gasteiger partial charge in [-0.15, -0.1) is 0 Å². The average Bonchev–Trinajstić information content (AvgIpc) is 2.54. The minimum Gasteiger partial charge on any atom is -0.444 e. The van der Waals surface area contributed by atoms with Crippen molar-refractivity contribution in [3.8, 4) is 0 Å². The number of alkyl carbamates (subject to hydrolysis) is 1. The Hall–Kier alpha value is -1.83. The molecule has 1 aliphatic heterocycles. The molecule has 1 heterocycles. The summed E-state index contributed by atoms with van der Waals surface area (Å²) in [7, 11) is 0. The van der Waals surface area contributed by atoms with Crippen molar-refractivity contribution in [2.24, 2.45) is 10.7 Å². The fourth-order valence-corrected chi connectivity index (χ4v) is 2.71. The molecule has 26 heavy (non-hydrogen) atoms. The van der Waals surface area contributed by atoms with E-state index >= 15 is 0 Å². The van der Waals surface area contributed by atoms with Crippen molar-refractivity contribution in [3.63, 3.8) is 0 Å². The van der Waals surface area contributed by atoms with Crippen LogP contribution in [0.5, 0.6) is 0 Å².